The van der Waals surface area contributed by atoms with Crippen LogP contribution in [0.3, 0.4) is 0 Å². The minimum atomic E-state index is -9.86. The maximum atomic E-state index is 12.6. The van der Waals surface area contributed by atoms with Gasteiger partial charge >= 0.3 is 10.4 Å². The van der Waals surface area contributed by atoms with Gasteiger partial charge in [0.2, 0.25) is 0 Å². The van der Waals surface area contributed by atoms with Crippen molar-refractivity contribution >= 4 is 16.2 Å². The van der Waals surface area contributed by atoms with E-state index in [4.69, 9.17) is 0 Å². The highest BCUT2D eigenvalue weighted by molar-refractivity contribution is 8.44. The smallest absolute Gasteiger partial charge is 0.356 e. The molecule has 0 amide bonds. The zero-order valence-corrected chi connectivity index (χ0v) is 11.3. The van der Waals surface area contributed by atoms with Gasteiger partial charge in [0.25, 0.3) is 0 Å². The van der Waals surface area contributed by atoms with Crippen LogP contribution in [-0.4, -0.2) is 23.8 Å². The average molecular weight is 302 g/mol. The highest BCUT2D eigenvalue weighted by Crippen LogP contribution is 2.99. The molecule has 0 fully saturated rings. The van der Waals surface area contributed by atoms with Crippen LogP contribution in [-0.2, 0) is 0 Å². The lowest BCUT2D eigenvalue weighted by molar-refractivity contribution is 0.364. The summed E-state index contributed by atoms with van der Waals surface area (Å²) < 4.78 is 64.8. The molecule has 0 aromatic heterocycles. The molecule has 0 atom stereocenters. The van der Waals surface area contributed by atoms with Gasteiger partial charge in [-0.1, -0.05) is 49.8 Å². The van der Waals surface area contributed by atoms with Crippen LogP contribution in [0.1, 0.15) is 19.4 Å². The van der Waals surface area contributed by atoms with Crippen LogP contribution in [0, 0.1) is 0 Å². The standard InChI is InChI=1S/C11H15F5N2S/c1-3-18(4-2)11(10-8-6-5-7-9-10)17-19(12,13,14,15)16/h5-9H,3-4H2,1-2H3/b17-11-. The molecule has 1 aromatic carbocycles. The van der Waals surface area contributed by atoms with Gasteiger partial charge in [0.15, 0.2) is 5.84 Å². The van der Waals surface area contributed by atoms with Gasteiger partial charge in [-0.3, -0.25) is 0 Å². The third kappa shape index (κ3) is 5.46. The van der Waals surface area contributed by atoms with Gasteiger partial charge in [-0.2, -0.15) is 0 Å². The Labute approximate surface area is 108 Å². The van der Waals surface area contributed by atoms with Gasteiger partial charge in [0, 0.05) is 18.7 Å². The first-order valence-electron chi connectivity index (χ1n) is 5.61. The van der Waals surface area contributed by atoms with Crippen molar-refractivity contribution in [2.75, 3.05) is 13.1 Å². The highest BCUT2D eigenvalue weighted by Gasteiger charge is 2.64. The Balaban J connectivity index is 3.43. The van der Waals surface area contributed by atoms with Crippen molar-refractivity contribution in [2.45, 2.75) is 13.8 Å². The average Bonchev–Trinajstić information content (AvgIpc) is 2.27. The molecule has 0 aliphatic carbocycles. The van der Waals surface area contributed by atoms with Crippen molar-refractivity contribution in [3.63, 3.8) is 0 Å². The van der Waals surface area contributed by atoms with Crippen LogP contribution in [0.5, 0.6) is 0 Å². The molecule has 1 rings (SSSR count). The number of halogens is 5. The molecule has 0 spiro atoms. The summed E-state index contributed by atoms with van der Waals surface area (Å²) in [5.41, 5.74) is 0.0134. The lowest BCUT2D eigenvalue weighted by Crippen LogP contribution is -2.32. The van der Waals surface area contributed by atoms with E-state index in [2.05, 4.69) is 0 Å². The number of rotatable bonds is 4. The molecule has 0 aliphatic heterocycles. The molecular weight excluding hydrogens is 287 g/mol. The van der Waals surface area contributed by atoms with Crippen molar-refractivity contribution in [1.29, 1.82) is 0 Å². The summed E-state index contributed by atoms with van der Waals surface area (Å²) in [6.45, 7) is 3.46. The second-order valence-corrected chi connectivity index (χ2v) is 5.92. The molecule has 8 heteroatoms. The van der Waals surface area contributed by atoms with E-state index in [-0.39, 0.29) is 18.7 Å². The normalized spacial score (nSPS) is 16.7. The molecule has 1 aromatic rings. The quantitative estimate of drug-likeness (QED) is 0.435. The van der Waals surface area contributed by atoms with Crippen LogP contribution >= 0.6 is 10.4 Å². The number of hydrogen-bond donors (Lipinski definition) is 0. The van der Waals surface area contributed by atoms with Crippen LogP contribution in [0.25, 0.3) is 0 Å². The van der Waals surface area contributed by atoms with Crippen LogP contribution in [0.4, 0.5) is 19.4 Å². The Bertz CT molecular complexity index is 464. The van der Waals surface area contributed by atoms with Crippen molar-refractivity contribution in [2.24, 2.45) is 4.40 Å². The van der Waals surface area contributed by atoms with E-state index < -0.39 is 16.2 Å². The lowest BCUT2D eigenvalue weighted by Gasteiger charge is -2.37. The Morgan fingerprint density at radius 3 is 1.84 bits per heavy atom. The summed E-state index contributed by atoms with van der Waals surface area (Å²) >= 11 is 0. The molecule has 0 radical (unpaired) electrons. The second-order valence-electron chi connectivity index (χ2n) is 3.88. The predicted octanol–water partition coefficient (Wildman–Crippen LogP) is 4.99. The maximum absolute atomic E-state index is 12.6. The fourth-order valence-electron chi connectivity index (χ4n) is 1.57. The first-order chi connectivity index (χ1) is 8.45. The van der Waals surface area contributed by atoms with Gasteiger partial charge in [-0.05, 0) is 13.8 Å². The van der Waals surface area contributed by atoms with E-state index in [9.17, 15) is 19.4 Å². The van der Waals surface area contributed by atoms with E-state index in [1.165, 1.54) is 24.3 Å². The first-order valence-corrected chi connectivity index (χ1v) is 7.52. The van der Waals surface area contributed by atoms with Gasteiger partial charge in [0.05, 0.1) is 0 Å². The summed E-state index contributed by atoms with van der Waals surface area (Å²) in [5.74, 6) is -0.746. The molecule has 0 heterocycles. The Morgan fingerprint density at radius 1 is 1.00 bits per heavy atom. The molecule has 0 N–H and O–H groups in total. The number of nitrogens with zero attached hydrogens (tertiary/aromatic N) is 2. The Hall–Kier alpha value is -1.31. The van der Waals surface area contributed by atoms with Crippen molar-refractivity contribution < 1.29 is 19.4 Å². The monoisotopic (exact) mass is 302 g/mol. The van der Waals surface area contributed by atoms with Crippen molar-refractivity contribution in [3.8, 4) is 0 Å². The summed E-state index contributed by atoms with van der Waals surface area (Å²) in [6.07, 6.45) is 0. The van der Waals surface area contributed by atoms with Crippen LogP contribution in [0.2, 0.25) is 0 Å². The summed E-state index contributed by atoms with van der Waals surface area (Å²) in [5, 5.41) is 0. The van der Waals surface area contributed by atoms with Gasteiger partial charge in [-0.25, -0.2) is 0 Å². The zero-order chi connectivity index (χ0) is 14.8. The fraction of sp³-hybridized carbons (Fsp3) is 0.364. The van der Waals surface area contributed by atoms with Crippen LogP contribution < -0.4 is 0 Å². The molecular formula is C11H15F5N2S. The third-order valence-corrected chi connectivity index (χ3v) is 2.87. The zero-order valence-electron chi connectivity index (χ0n) is 10.5. The van der Waals surface area contributed by atoms with Crippen molar-refractivity contribution in [3.05, 3.63) is 35.9 Å². The number of hydrogen-bond acceptors (Lipinski definition) is 1. The van der Waals surface area contributed by atoms with Crippen molar-refractivity contribution in [1.82, 2.24) is 4.90 Å². The molecule has 0 saturated carbocycles. The Kier molecular flexibility index (Phi) is 3.62. The maximum Gasteiger partial charge on any atom is 0.383 e. The minimum Gasteiger partial charge on any atom is -0.356 e. The topological polar surface area (TPSA) is 15.6 Å². The first kappa shape index (κ1) is 15.7. The fourth-order valence-corrected chi connectivity index (χ4v) is 2.11. The Morgan fingerprint density at radius 2 is 1.47 bits per heavy atom. The number of benzene rings is 1. The summed E-state index contributed by atoms with van der Waals surface area (Å²) in [4.78, 5) is 1.15. The van der Waals surface area contributed by atoms with E-state index in [0.717, 1.165) is 4.90 Å². The van der Waals surface area contributed by atoms with E-state index in [0.29, 0.717) is 0 Å². The molecule has 2 nitrogen and oxygen atoms in total. The molecule has 0 saturated heterocycles. The summed E-state index contributed by atoms with van der Waals surface area (Å²) in [7, 11) is -9.86. The molecule has 19 heavy (non-hydrogen) atoms. The van der Waals surface area contributed by atoms with Crippen LogP contribution in [0.15, 0.2) is 34.7 Å². The molecule has 110 valence electrons. The van der Waals surface area contributed by atoms with Gasteiger partial charge < -0.3 is 4.90 Å². The van der Waals surface area contributed by atoms with E-state index >= 15 is 0 Å². The van der Waals surface area contributed by atoms with E-state index in [1.54, 1.807) is 19.9 Å². The highest BCUT2D eigenvalue weighted by atomic mass is 32.5. The molecule has 0 bridgehead atoms. The lowest BCUT2D eigenvalue weighted by atomic mass is 10.2. The molecule has 0 unspecified atom stereocenters. The molecule has 0 aliphatic rings. The minimum absolute atomic E-state index is 0.0134. The second kappa shape index (κ2) is 4.36. The van der Waals surface area contributed by atoms with Gasteiger partial charge in [0.1, 0.15) is 0 Å². The van der Waals surface area contributed by atoms with Gasteiger partial charge in [-0.15, -0.1) is 4.40 Å². The van der Waals surface area contributed by atoms with E-state index in [1.807, 2.05) is 4.40 Å². The third-order valence-electron chi connectivity index (χ3n) is 2.35. The largest absolute Gasteiger partial charge is 0.383 e. The summed E-state index contributed by atoms with van der Waals surface area (Å²) in [6, 6.07) is 7.17. The number of amidine groups is 1. The SMILES string of the molecule is CCN(CC)/C(=N\S(F)(F)(F)(F)F)c1ccccc1. The predicted molar refractivity (Wildman–Crippen MR) is 69.0 cm³/mol.